The zero-order chi connectivity index (χ0) is 32.1. The van der Waals surface area contributed by atoms with Gasteiger partial charge in [0.05, 0.1) is 10.4 Å². The first-order valence-corrected chi connectivity index (χ1v) is 16.3. The van der Waals surface area contributed by atoms with Crippen LogP contribution in [0.15, 0.2) is 101 Å². The number of nitrogens with zero attached hydrogens (tertiary/aromatic N) is 2. The molecule has 0 aliphatic rings. The number of hydrogen-bond donors (Lipinski definition) is 3. The Morgan fingerprint density at radius 1 is 0.822 bits per heavy atom. The SMILES string of the molecule is Cc1cc2cc(CCNS(=O)(=O)c3ccc(Cl)cc3)c(=O)[nH]c2cc1C.Cc1ccc2ncnc(Nc3cccc(Cl)c3)c2c1. The Balaban J connectivity index is 0.000000186. The number of aromatic amines is 1. The number of hydrogen-bond acceptors (Lipinski definition) is 6. The normalized spacial score (nSPS) is 11.3. The van der Waals surface area contributed by atoms with Crippen molar-refractivity contribution in [1.29, 1.82) is 0 Å². The van der Waals surface area contributed by atoms with Gasteiger partial charge in [-0.1, -0.05) is 40.9 Å². The molecule has 0 atom stereocenters. The summed E-state index contributed by atoms with van der Waals surface area (Å²) in [7, 11) is -3.64. The van der Waals surface area contributed by atoms with Crippen LogP contribution in [0.25, 0.3) is 21.8 Å². The number of fused-ring (bicyclic) bond motifs is 2. The van der Waals surface area contributed by atoms with E-state index >= 15 is 0 Å². The molecule has 0 saturated carbocycles. The van der Waals surface area contributed by atoms with E-state index in [4.69, 9.17) is 23.2 Å². The molecule has 11 heteroatoms. The second-order valence-electron chi connectivity index (χ2n) is 10.6. The minimum Gasteiger partial charge on any atom is -0.340 e. The first kappa shape index (κ1) is 32.1. The molecular formula is C34H31Cl2N5O3S. The Morgan fingerprint density at radius 3 is 2.33 bits per heavy atom. The molecule has 0 fully saturated rings. The molecule has 3 N–H and O–H groups in total. The monoisotopic (exact) mass is 659 g/mol. The quantitative estimate of drug-likeness (QED) is 0.162. The Morgan fingerprint density at radius 2 is 1.58 bits per heavy atom. The number of aromatic nitrogens is 3. The lowest BCUT2D eigenvalue weighted by Crippen LogP contribution is -2.27. The van der Waals surface area contributed by atoms with Crippen molar-refractivity contribution in [3.8, 4) is 0 Å². The van der Waals surface area contributed by atoms with Gasteiger partial charge in [-0.3, -0.25) is 4.79 Å². The molecule has 6 rings (SSSR count). The Kier molecular flexibility index (Phi) is 9.84. The van der Waals surface area contributed by atoms with Gasteiger partial charge in [0.25, 0.3) is 5.56 Å². The van der Waals surface area contributed by atoms with Crippen LogP contribution < -0.4 is 15.6 Å². The van der Waals surface area contributed by atoms with Crippen LogP contribution in [0.5, 0.6) is 0 Å². The average molecular weight is 661 g/mol. The van der Waals surface area contributed by atoms with Gasteiger partial charge in [0.15, 0.2) is 0 Å². The van der Waals surface area contributed by atoms with E-state index in [2.05, 4.69) is 38.0 Å². The van der Waals surface area contributed by atoms with Crippen LogP contribution in [-0.4, -0.2) is 29.9 Å². The molecule has 6 aromatic rings. The zero-order valence-electron chi connectivity index (χ0n) is 24.9. The summed E-state index contributed by atoms with van der Waals surface area (Å²) in [6.07, 6.45) is 1.86. The van der Waals surface area contributed by atoms with E-state index in [1.807, 2.05) is 68.4 Å². The number of pyridine rings is 1. The fourth-order valence-electron chi connectivity index (χ4n) is 4.70. The first-order valence-electron chi connectivity index (χ1n) is 14.1. The van der Waals surface area contributed by atoms with Gasteiger partial charge in [0.2, 0.25) is 10.0 Å². The van der Waals surface area contributed by atoms with Gasteiger partial charge in [-0.2, -0.15) is 0 Å². The van der Waals surface area contributed by atoms with Crippen molar-refractivity contribution in [3.63, 3.8) is 0 Å². The topological polar surface area (TPSA) is 117 Å². The van der Waals surface area contributed by atoms with E-state index in [9.17, 15) is 13.2 Å². The van der Waals surface area contributed by atoms with Gasteiger partial charge in [-0.05, 0) is 117 Å². The highest BCUT2D eigenvalue weighted by Crippen LogP contribution is 2.25. The van der Waals surface area contributed by atoms with E-state index < -0.39 is 10.0 Å². The number of benzene rings is 4. The number of anilines is 2. The van der Waals surface area contributed by atoms with Crippen molar-refractivity contribution >= 4 is 66.5 Å². The highest BCUT2D eigenvalue weighted by atomic mass is 35.5. The molecule has 230 valence electrons. The molecule has 0 unspecified atom stereocenters. The molecule has 2 heterocycles. The smallest absolute Gasteiger partial charge is 0.251 e. The van der Waals surface area contributed by atoms with Crippen molar-refractivity contribution in [1.82, 2.24) is 19.7 Å². The Bertz CT molecular complexity index is 2170. The van der Waals surface area contributed by atoms with Gasteiger partial charge < -0.3 is 10.3 Å². The minimum absolute atomic E-state index is 0.129. The van der Waals surface area contributed by atoms with Crippen LogP contribution in [0.3, 0.4) is 0 Å². The molecule has 45 heavy (non-hydrogen) atoms. The minimum atomic E-state index is -3.64. The number of nitrogens with one attached hydrogen (secondary N) is 3. The second kappa shape index (κ2) is 13.8. The number of aryl methyl sites for hydroxylation is 3. The molecular weight excluding hydrogens is 629 g/mol. The van der Waals surface area contributed by atoms with Crippen LogP contribution in [0.1, 0.15) is 22.3 Å². The lowest BCUT2D eigenvalue weighted by Gasteiger charge is -2.09. The van der Waals surface area contributed by atoms with E-state index in [1.54, 1.807) is 6.33 Å². The summed E-state index contributed by atoms with van der Waals surface area (Å²) < 4.78 is 27.1. The lowest BCUT2D eigenvalue weighted by molar-refractivity contribution is 0.581. The summed E-state index contributed by atoms with van der Waals surface area (Å²) in [6.45, 7) is 6.19. The second-order valence-corrected chi connectivity index (χ2v) is 13.3. The number of sulfonamides is 1. The van der Waals surface area contributed by atoms with E-state index in [0.29, 0.717) is 22.0 Å². The summed E-state index contributed by atoms with van der Waals surface area (Å²) >= 11 is 11.8. The predicted octanol–water partition coefficient (Wildman–Crippen LogP) is 7.65. The van der Waals surface area contributed by atoms with Crippen molar-refractivity contribution in [3.05, 3.63) is 134 Å². The maximum absolute atomic E-state index is 12.3. The molecule has 2 aromatic heterocycles. The molecule has 0 bridgehead atoms. The third-order valence-corrected chi connectivity index (χ3v) is 9.19. The average Bonchev–Trinajstić information content (AvgIpc) is 2.99. The van der Waals surface area contributed by atoms with E-state index in [-0.39, 0.29) is 17.0 Å². The molecule has 0 saturated heterocycles. The van der Waals surface area contributed by atoms with Gasteiger partial charge in [0, 0.05) is 38.7 Å². The van der Waals surface area contributed by atoms with Crippen LogP contribution >= 0.6 is 23.2 Å². The van der Waals surface area contributed by atoms with Crippen LogP contribution in [0.2, 0.25) is 10.0 Å². The van der Waals surface area contributed by atoms with Crippen molar-refractivity contribution in [2.45, 2.75) is 32.1 Å². The van der Waals surface area contributed by atoms with Crippen LogP contribution in [-0.2, 0) is 16.4 Å². The van der Waals surface area contributed by atoms with E-state index in [1.165, 1.54) is 29.8 Å². The van der Waals surface area contributed by atoms with Gasteiger partial charge >= 0.3 is 0 Å². The molecule has 8 nitrogen and oxygen atoms in total. The maximum Gasteiger partial charge on any atom is 0.251 e. The van der Waals surface area contributed by atoms with Gasteiger partial charge in [-0.25, -0.2) is 23.1 Å². The third-order valence-electron chi connectivity index (χ3n) is 7.22. The fourth-order valence-corrected chi connectivity index (χ4v) is 6.05. The summed E-state index contributed by atoms with van der Waals surface area (Å²) in [5, 5.41) is 6.38. The van der Waals surface area contributed by atoms with Crippen LogP contribution in [0, 0.1) is 20.8 Å². The van der Waals surface area contributed by atoms with E-state index in [0.717, 1.165) is 44.4 Å². The molecule has 0 spiro atoms. The number of H-pyrrole nitrogens is 1. The van der Waals surface area contributed by atoms with Crippen molar-refractivity contribution < 1.29 is 8.42 Å². The predicted molar refractivity (Wildman–Crippen MR) is 183 cm³/mol. The Hall–Kier alpha value is -4.28. The number of rotatable bonds is 7. The fraction of sp³-hybridized carbons (Fsp3) is 0.147. The number of halogens is 2. The standard InChI is InChI=1S/C19H19ClN2O3S.C15H12ClN3/c1-12-9-15-11-14(19(23)22-18(15)10-13(12)2)7-8-21-26(24,25)17-5-3-16(20)4-6-17;1-10-5-6-14-13(7-10)15(18-9-17-14)19-12-4-2-3-11(16)8-12/h3-6,9-11,21H,7-8H2,1-2H3,(H,22,23);2-9H,1H3,(H,17,18,19). The summed E-state index contributed by atoms with van der Waals surface area (Å²) in [4.78, 5) is 23.8. The molecule has 0 amide bonds. The lowest BCUT2D eigenvalue weighted by atomic mass is 10.0. The van der Waals surface area contributed by atoms with Gasteiger partial charge in [-0.15, -0.1) is 0 Å². The maximum atomic E-state index is 12.3. The van der Waals surface area contributed by atoms with Gasteiger partial charge in [0.1, 0.15) is 12.1 Å². The third kappa shape index (κ3) is 8.06. The highest BCUT2D eigenvalue weighted by Gasteiger charge is 2.14. The molecule has 0 aliphatic heterocycles. The van der Waals surface area contributed by atoms with Crippen molar-refractivity contribution in [2.75, 3.05) is 11.9 Å². The molecule has 0 radical (unpaired) electrons. The van der Waals surface area contributed by atoms with Crippen molar-refractivity contribution in [2.24, 2.45) is 0 Å². The largest absolute Gasteiger partial charge is 0.340 e. The van der Waals surface area contributed by atoms with Crippen LogP contribution in [0.4, 0.5) is 11.5 Å². The molecule has 0 aliphatic carbocycles. The molecule has 4 aromatic carbocycles. The summed E-state index contributed by atoms with van der Waals surface area (Å²) in [5.41, 5.74) is 6.38. The zero-order valence-corrected chi connectivity index (χ0v) is 27.2. The summed E-state index contributed by atoms with van der Waals surface area (Å²) in [6, 6.07) is 25.4. The first-order chi connectivity index (χ1) is 21.5. The Labute approximate surface area is 271 Å². The summed E-state index contributed by atoms with van der Waals surface area (Å²) in [5.74, 6) is 0.788. The highest BCUT2D eigenvalue weighted by molar-refractivity contribution is 7.89.